The summed E-state index contributed by atoms with van der Waals surface area (Å²) in [6, 6.07) is 46.0. The Bertz CT molecular complexity index is 2440. The predicted molar refractivity (Wildman–Crippen MR) is 185 cm³/mol. The van der Waals surface area contributed by atoms with E-state index in [9.17, 15) is 0 Å². The van der Waals surface area contributed by atoms with Gasteiger partial charge in [-0.05, 0) is 29.0 Å². The van der Waals surface area contributed by atoms with E-state index in [1.54, 1.807) is 11.3 Å². The van der Waals surface area contributed by atoms with Crippen molar-refractivity contribution in [1.82, 2.24) is 19.9 Å². The zero-order chi connectivity index (χ0) is 29.0. The highest BCUT2D eigenvalue weighted by Crippen LogP contribution is 2.44. The number of thiophene rings is 1. The monoisotopic (exact) mass is 598 g/mol. The van der Waals surface area contributed by atoms with E-state index in [4.69, 9.17) is 19.9 Å². The van der Waals surface area contributed by atoms with Gasteiger partial charge in [0.25, 0.3) is 0 Å². The third-order valence-corrected chi connectivity index (χ3v) is 10.3. The number of rotatable bonds is 4. The van der Waals surface area contributed by atoms with Crippen LogP contribution in [0.5, 0.6) is 0 Å². The second-order valence-corrected chi connectivity index (χ2v) is 12.7. The molecule has 0 atom stereocenters. The van der Waals surface area contributed by atoms with Gasteiger partial charge in [-0.2, -0.15) is 0 Å². The zero-order valence-corrected chi connectivity index (χ0v) is 24.9. The Labute approximate surface area is 261 Å². The summed E-state index contributed by atoms with van der Waals surface area (Å²) in [5.41, 5.74) is 4.90. The maximum atomic E-state index is 5.12. The van der Waals surface area contributed by atoms with Crippen LogP contribution < -0.4 is 0 Å². The molecule has 0 aliphatic rings. The van der Waals surface area contributed by atoms with Gasteiger partial charge in [0, 0.05) is 42.4 Å². The molecule has 0 fully saturated rings. The molecule has 0 saturated heterocycles. The maximum Gasteiger partial charge on any atom is 0.164 e. The quantitative estimate of drug-likeness (QED) is 0.202. The van der Waals surface area contributed by atoms with Crippen LogP contribution in [0.1, 0.15) is 0 Å². The molecule has 3 aromatic heterocycles. The summed E-state index contributed by atoms with van der Waals surface area (Å²) >= 11 is 3.62. The second-order valence-electron chi connectivity index (χ2n) is 10.7. The fraction of sp³-hybridized carbons (Fsp3) is 0. The summed E-state index contributed by atoms with van der Waals surface area (Å²) in [6.07, 6.45) is 0. The first kappa shape index (κ1) is 25.2. The lowest BCUT2D eigenvalue weighted by Gasteiger charge is -2.09. The van der Waals surface area contributed by atoms with Crippen molar-refractivity contribution in [1.29, 1.82) is 0 Å². The SMILES string of the molecule is c1ccc(-c2nc(-c3ccccc3)nc(-c3cccc(-c4nc5ccc6sc7c8ccccc8ccc7c6c5s4)c3)n2)cc1. The highest BCUT2D eigenvalue weighted by atomic mass is 32.1. The molecule has 6 aromatic carbocycles. The van der Waals surface area contributed by atoms with Gasteiger partial charge >= 0.3 is 0 Å². The fourth-order valence-corrected chi connectivity index (χ4v) is 8.26. The minimum Gasteiger partial charge on any atom is -0.236 e. The summed E-state index contributed by atoms with van der Waals surface area (Å²) in [4.78, 5) is 19.8. The average Bonchev–Trinajstić information content (AvgIpc) is 3.71. The van der Waals surface area contributed by atoms with Crippen molar-refractivity contribution in [3.05, 3.63) is 133 Å². The van der Waals surface area contributed by atoms with Gasteiger partial charge in [-0.15, -0.1) is 22.7 Å². The van der Waals surface area contributed by atoms with Crippen LogP contribution in [0.4, 0.5) is 0 Å². The van der Waals surface area contributed by atoms with Gasteiger partial charge in [-0.1, -0.05) is 115 Å². The molecule has 0 spiro atoms. The second kappa shape index (κ2) is 10.2. The molecular weight excluding hydrogens is 577 g/mol. The third kappa shape index (κ3) is 4.19. The Balaban J connectivity index is 1.19. The fourth-order valence-electron chi connectivity index (χ4n) is 5.83. The number of hydrogen-bond donors (Lipinski definition) is 0. The van der Waals surface area contributed by atoms with Crippen molar-refractivity contribution >= 4 is 63.8 Å². The standard InChI is InChI=1S/C38H22N4S2/c1-3-11-24(12-4-1)35-40-36(25-13-5-2-6-14-25)42-37(41-35)26-15-9-16-27(22-26)38-39-30-20-21-31-32(34(30)44-38)29-19-18-23-10-7-8-17-28(23)33(29)43-31/h1-22H. The lowest BCUT2D eigenvalue weighted by Crippen LogP contribution is -2.00. The molecule has 0 unspecified atom stereocenters. The van der Waals surface area contributed by atoms with Crippen molar-refractivity contribution in [2.24, 2.45) is 0 Å². The molecule has 9 aromatic rings. The molecule has 0 aliphatic heterocycles. The largest absolute Gasteiger partial charge is 0.236 e. The van der Waals surface area contributed by atoms with E-state index >= 15 is 0 Å². The Morgan fingerprint density at radius 2 is 1.05 bits per heavy atom. The summed E-state index contributed by atoms with van der Waals surface area (Å²) in [5.74, 6) is 1.94. The summed E-state index contributed by atoms with van der Waals surface area (Å²) < 4.78 is 3.85. The van der Waals surface area contributed by atoms with Crippen molar-refractivity contribution in [3.63, 3.8) is 0 Å². The minimum absolute atomic E-state index is 0.638. The molecule has 0 bridgehead atoms. The lowest BCUT2D eigenvalue weighted by atomic mass is 10.1. The van der Waals surface area contributed by atoms with Crippen molar-refractivity contribution < 1.29 is 0 Å². The Kier molecular flexibility index (Phi) is 5.82. The van der Waals surface area contributed by atoms with E-state index in [1.165, 1.54) is 35.6 Å². The third-order valence-electron chi connectivity index (χ3n) is 7.95. The first-order valence-corrected chi connectivity index (χ1v) is 16.0. The first-order chi connectivity index (χ1) is 21.8. The van der Waals surface area contributed by atoms with Gasteiger partial charge in [-0.3, -0.25) is 0 Å². The Hall–Kier alpha value is -5.30. The van der Waals surface area contributed by atoms with Crippen molar-refractivity contribution in [2.45, 2.75) is 0 Å². The zero-order valence-electron chi connectivity index (χ0n) is 23.3. The number of nitrogens with zero attached hydrogens (tertiary/aromatic N) is 4. The average molecular weight is 599 g/mol. The first-order valence-electron chi connectivity index (χ1n) is 14.4. The normalized spacial score (nSPS) is 11.6. The van der Waals surface area contributed by atoms with Gasteiger partial charge in [0.15, 0.2) is 17.5 Å². The minimum atomic E-state index is 0.638. The summed E-state index contributed by atoms with van der Waals surface area (Å²) in [5, 5.41) is 6.15. The molecule has 4 nitrogen and oxygen atoms in total. The van der Waals surface area contributed by atoms with E-state index in [0.29, 0.717) is 17.5 Å². The Morgan fingerprint density at radius 3 is 1.80 bits per heavy atom. The van der Waals surface area contributed by atoms with E-state index in [2.05, 4.69) is 72.8 Å². The predicted octanol–water partition coefficient (Wildman–Crippen LogP) is 10.7. The van der Waals surface area contributed by atoms with E-state index in [-0.39, 0.29) is 0 Å². The topological polar surface area (TPSA) is 51.6 Å². The molecular formula is C38H22N4S2. The van der Waals surface area contributed by atoms with Crippen LogP contribution in [0.15, 0.2) is 133 Å². The van der Waals surface area contributed by atoms with E-state index in [1.807, 2.05) is 72.0 Å². The van der Waals surface area contributed by atoms with Crippen LogP contribution in [0.3, 0.4) is 0 Å². The number of hydrogen-bond acceptors (Lipinski definition) is 6. The van der Waals surface area contributed by atoms with Crippen molar-refractivity contribution in [2.75, 3.05) is 0 Å². The van der Waals surface area contributed by atoms with Crippen LogP contribution >= 0.6 is 22.7 Å². The summed E-state index contributed by atoms with van der Waals surface area (Å²) in [7, 11) is 0. The summed E-state index contributed by atoms with van der Waals surface area (Å²) in [6.45, 7) is 0. The van der Waals surface area contributed by atoms with E-state index in [0.717, 1.165) is 32.8 Å². The van der Waals surface area contributed by atoms with Gasteiger partial charge < -0.3 is 0 Å². The maximum absolute atomic E-state index is 5.12. The number of fused-ring (bicyclic) bond motifs is 7. The molecule has 0 saturated carbocycles. The number of thiazole rings is 1. The van der Waals surface area contributed by atoms with Crippen LogP contribution in [0.25, 0.3) is 85.9 Å². The molecule has 0 aliphatic carbocycles. The van der Waals surface area contributed by atoms with Crippen molar-refractivity contribution in [3.8, 4) is 44.7 Å². The van der Waals surface area contributed by atoms with E-state index < -0.39 is 0 Å². The molecule has 0 amide bonds. The molecule has 0 radical (unpaired) electrons. The van der Waals surface area contributed by atoms with Crippen LogP contribution in [-0.2, 0) is 0 Å². The lowest BCUT2D eigenvalue weighted by molar-refractivity contribution is 1.07. The van der Waals surface area contributed by atoms with Gasteiger partial charge in [0.05, 0.1) is 10.2 Å². The highest BCUT2D eigenvalue weighted by Gasteiger charge is 2.17. The van der Waals surface area contributed by atoms with Gasteiger partial charge in [0.2, 0.25) is 0 Å². The van der Waals surface area contributed by atoms with Gasteiger partial charge in [-0.25, -0.2) is 19.9 Å². The van der Waals surface area contributed by atoms with Gasteiger partial charge in [0.1, 0.15) is 5.01 Å². The molecule has 6 heteroatoms. The Morgan fingerprint density at radius 1 is 0.409 bits per heavy atom. The smallest absolute Gasteiger partial charge is 0.164 e. The number of aromatic nitrogens is 4. The highest BCUT2D eigenvalue weighted by molar-refractivity contribution is 7.28. The van der Waals surface area contributed by atoms with Crippen LogP contribution in [0, 0.1) is 0 Å². The van der Waals surface area contributed by atoms with Crippen LogP contribution in [-0.4, -0.2) is 19.9 Å². The molecule has 9 rings (SSSR count). The van der Waals surface area contributed by atoms with Crippen LogP contribution in [0.2, 0.25) is 0 Å². The molecule has 206 valence electrons. The molecule has 0 N–H and O–H groups in total. The molecule has 3 heterocycles. The molecule has 44 heavy (non-hydrogen) atoms. The number of benzene rings is 6.